The fraction of sp³-hybridized carbons (Fsp3) is 0.200. The van der Waals surface area contributed by atoms with E-state index >= 15 is 0 Å². The van der Waals surface area contributed by atoms with Gasteiger partial charge in [0, 0.05) is 24.2 Å². The number of nitrogens with zero attached hydrogens (tertiary/aromatic N) is 3. The standard InChI is InChI=1S/C15H15N5O/c1-2-4-10-9-13(20-19-10)18-15(21)11-5-3-6-12-14(11)17-8-7-16-12/h3,5-9H,2,4H2,1H3,(H2,18,19,20,21). The molecule has 2 heterocycles. The van der Waals surface area contributed by atoms with E-state index in [1.165, 1.54) is 0 Å². The Morgan fingerprint density at radius 2 is 2.14 bits per heavy atom. The lowest BCUT2D eigenvalue weighted by molar-refractivity contribution is 0.102. The molecule has 2 N–H and O–H groups in total. The predicted octanol–water partition coefficient (Wildman–Crippen LogP) is 2.56. The van der Waals surface area contributed by atoms with Crippen molar-refractivity contribution in [2.75, 3.05) is 5.32 Å². The van der Waals surface area contributed by atoms with Gasteiger partial charge in [-0.05, 0) is 18.6 Å². The van der Waals surface area contributed by atoms with Gasteiger partial charge >= 0.3 is 0 Å². The molecule has 106 valence electrons. The molecule has 3 rings (SSSR count). The maximum atomic E-state index is 12.4. The van der Waals surface area contributed by atoms with E-state index in [0.29, 0.717) is 22.4 Å². The van der Waals surface area contributed by atoms with Crippen LogP contribution in [-0.4, -0.2) is 26.1 Å². The summed E-state index contributed by atoms with van der Waals surface area (Å²) >= 11 is 0. The predicted molar refractivity (Wildman–Crippen MR) is 80.1 cm³/mol. The molecule has 1 amide bonds. The average molecular weight is 281 g/mol. The van der Waals surface area contributed by atoms with Gasteiger partial charge in [-0.2, -0.15) is 5.10 Å². The summed E-state index contributed by atoms with van der Waals surface area (Å²) in [6.45, 7) is 2.09. The van der Waals surface area contributed by atoms with Crippen LogP contribution in [0.15, 0.2) is 36.7 Å². The fourth-order valence-corrected chi connectivity index (χ4v) is 2.18. The maximum absolute atomic E-state index is 12.4. The highest BCUT2D eigenvalue weighted by Gasteiger charge is 2.13. The first-order chi connectivity index (χ1) is 10.3. The topological polar surface area (TPSA) is 83.6 Å². The molecule has 0 atom stereocenters. The van der Waals surface area contributed by atoms with Crippen molar-refractivity contribution in [1.82, 2.24) is 20.2 Å². The number of rotatable bonds is 4. The van der Waals surface area contributed by atoms with Crippen molar-refractivity contribution < 1.29 is 4.79 Å². The minimum Gasteiger partial charge on any atom is -0.305 e. The van der Waals surface area contributed by atoms with E-state index in [0.717, 1.165) is 18.5 Å². The van der Waals surface area contributed by atoms with Crippen LogP contribution in [0.1, 0.15) is 29.4 Å². The number of carbonyl (C=O) groups is 1. The Hall–Kier alpha value is -2.76. The van der Waals surface area contributed by atoms with Gasteiger partial charge in [-0.25, -0.2) is 0 Å². The lowest BCUT2D eigenvalue weighted by Crippen LogP contribution is -2.13. The summed E-state index contributed by atoms with van der Waals surface area (Å²) < 4.78 is 0. The molecule has 2 aromatic heterocycles. The Bertz CT molecular complexity index is 775. The molecule has 0 aliphatic carbocycles. The zero-order chi connectivity index (χ0) is 14.7. The van der Waals surface area contributed by atoms with Gasteiger partial charge < -0.3 is 5.32 Å². The molecule has 0 saturated carbocycles. The summed E-state index contributed by atoms with van der Waals surface area (Å²) in [5.74, 6) is 0.278. The molecule has 0 spiro atoms. The van der Waals surface area contributed by atoms with Crippen LogP contribution < -0.4 is 5.32 Å². The molecule has 0 bridgehead atoms. The Balaban J connectivity index is 1.86. The third-order valence-corrected chi connectivity index (χ3v) is 3.14. The van der Waals surface area contributed by atoms with Gasteiger partial charge in [0.15, 0.2) is 5.82 Å². The normalized spacial score (nSPS) is 10.7. The molecular formula is C15H15N5O. The minimum atomic E-state index is -0.240. The van der Waals surface area contributed by atoms with Crippen LogP contribution in [0.5, 0.6) is 0 Å². The van der Waals surface area contributed by atoms with E-state index in [2.05, 4.69) is 32.4 Å². The number of carbonyl (C=O) groups excluding carboxylic acids is 1. The summed E-state index contributed by atoms with van der Waals surface area (Å²) in [6.07, 6.45) is 5.11. The number of hydrogen-bond acceptors (Lipinski definition) is 4. The third-order valence-electron chi connectivity index (χ3n) is 3.14. The number of aromatic nitrogens is 4. The minimum absolute atomic E-state index is 0.240. The quantitative estimate of drug-likeness (QED) is 0.769. The number of hydrogen-bond donors (Lipinski definition) is 2. The summed E-state index contributed by atoms with van der Waals surface area (Å²) in [4.78, 5) is 20.8. The number of anilines is 1. The van der Waals surface area contributed by atoms with Crippen LogP contribution in [0.3, 0.4) is 0 Å². The van der Waals surface area contributed by atoms with Crippen molar-refractivity contribution in [2.24, 2.45) is 0 Å². The zero-order valence-electron chi connectivity index (χ0n) is 11.6. The largest absolute Gasteiger partial charge is 0.305 e. The number of para-hydroxylation sites is 1. The van der Waals surface area contributed by atoms with Gasteiger partial charge in [0.1, 0.15) is 5.52 Å². The first kappa shape index (κ1) is 13.2. The van der Waals surface area contributed by atoms with Gasteiger partial charge in [-0.3, -0.25) is 19.9 Å². The number of benzene rings is 1. The molecule has 6 heteroatoms. The van der Waals surface area contributed by atoms with Crippen molar-refractivity contribution in [2.45, 2.75) is 19.8 Å². The van der Waals surface area contributed by atoms with Crippen LogP contribution in [0, 0.1) is 0 Å². The second kappa shape index (κ2) is 5.70. The maximum Gasteiger partial charge on any atom is 0.259 e. The molecule has 21 heavy (non-hydrogen) atoms. The highest BCUT2D eigenvalue weighted by Crippen LogP contribution is 2.16. The smallest absolute Gasteiger partial charge is 0.259 e. The van der Waals surface area contributed by atoms with Crippen LogP contribution in [-0.2, 0) is 6.42 Å². The second-order valence-corrected chi connectivity index (χ2v) is 4.71. The van der Waals surface area contributed by atoms with E-state index < -0.39 is 0 Å². The lowest BCUT2D eigenvalue weighted by Gasteiger charge is -2.04. The van der Waals surface area contributed by atoms with Crippen LogP contribution in [0.4, 0.5) is 5.82 Å². The summed E-state index contributed by atoms with van der Waals surface area (Å²) in [5, 5.41) is 9.78. The molecular weight excluding hydrogens is 266 g/mol. The highest BCUT2D eigenvalue weighted by molar-refractivity contribution is 6.10. The highest BCUT2D eigenvalue weighted by atomic mass is 16.1. The van der Waals surface area contributed by atoms with Crippen molar-refractivity contribution in [3.05, 3.63) is 47.9 Å². The first-order valence-electron chi connectivity index (χ1n) is 6.83. The van der Waals surface area contributed by atoms with Crippen molar-refractivity contribution in [3.8, 4) is 0 Å². The summed E-state index contributed by atoms with van der Waals surface area (Å²) in [5.41, 5.74) is 2.77. The van der Waals surface area contributed by atoms with Gasteiger partial charge in [0.2, 0.25) is 0 Å². The molecule has 0 fully saturated rings. The monoisotopic (exact) mass is 281 g/mol. The molecule has 0 aliphatic rings. The molecule has 3 aromatic rings. The Kier molecular flexibility index (Phi) is 3.59. The van der Waals surface area contributed by atoms with E-state index in [9.17, 15) is 4.79 Å². The van der Waals surface area contributed by atoms with Crippen LogP contribution in [0.25, 0.3) is 11.0 Å². The number of H-pyrrole nitrogens is 1. The van der Waals surface area contributed by atoms with Gasteiger partial charge in [-0.1, -0.05) is 19.4 Å². The van der Waals surface area contributed by atoms with Crippen LogP contribution in [0.2, 0.25) is 0 Å². The summed E-state index contributed by atoms with van der Waals surface area (Å²) in [7, 11) is 0. The molecule has 0 saturated heterocycles. The number of aromatic amines is 1. The van der Waals surface area contributed by atoms with E-state index in [1.807, 2.05) is 12.1 Å². The Labute approximate surface area is 121 Å². The van der Waals surface area contributed by atoms with E-state index in [-0.39, 0.29) is 5.91 Å². The molecule has 1 aromatic carbocycles. The Morgan fingerprint density at radius 3 is 3.00 bits per heavy atom. The number of amides is 1. The van der Waals surface area contributed by atoms with E-state index in [1.54, 1.807) is 24.5 Å². The van der Waals surface area contributed by atoms with Gasteiger partial charge in [0.25, 0.3) is 5.91 Å². The van der Waals surface area contributed by atoms with Crippen molar-refractivity contribution >= 4 is 22.8 Å². The zero-order valence-corrected chi connectivity index (χ0v) is 11.6. The molecule has 0 aliphatic heterocycles. The Morgan fingerprint density at radius 1 is 1.29 bits per heavy atom. The van der Waals surface area contributed by atoms with Gasteiger partial charge in [-0.15, -0.1) is 0 Å². The lowest BCUT2D eigenvalue weighted by atomic mass is 10.1. The number of fused-ring (bicyclic) bond motifs is 1. The van der Waals surface area contributed by atoms with Crippen molar-refractivity contribution in [3.63, 3.8) is 0 Å². The van der Waals surface area contributed by atoms with E-state index in [4.69, 9.17) is 0 Å². The molecule has 0 unspecified atom stereocenters. The van der Waals surface area contributed by atoms with Gasteiger partial charge in [0.05, 0.1) is 11.1 Å². The SMILES string of the molecule is CCCc1cc(NC(=O)c2cccc3nccnc23)n[nH]1. The number of aryl methyl sites for hydroxylation is 1. The van der Waals surface area contributed by atoms with Crippen LogP contribution >= 0.6 is 0 Å². The number of nitrogens with one attached hydrogen (secondary N) is 2. The third kappa shape index (κ3) is 2.74. The summed E-state index contributed by atoms with van der Waals surface area (Å²) in [6, 6.07) is 7.19. The fourth-order valence-electron chi connectivity index (χ4n) is 2.18. The molecule has 6 nitrogen and oxygen atoms in total. The van der Waals surface area contributed by atoms with Crippen molar-refractivity contribution in [1.29, 1.82) is 0 Å². The molecule has 0 radical (unpaired) electrons. The average Bonchev–Trinajstić information content (AvgIpc) is 2.94. The first-order valence-corrected chi connectivity index (χ1v) is 6.83. The second-order valence-electron chi connectivity index (χ2n) is 4.71.